The molecular formula is C45H63N2O16S4+. The van der Waals surface area contributed by atoms with E-state index < -0.39 is 62.8 Å². The number of benzene rings is 2. The lowest BCUT2D eigenvalue weighted by atomic mass is 9.76. The van der Waals surface area contributed by atoms with E-state index in [1.54, 1.807) is 55.7 Å². The second-order valence-corrected chi connectivity index (χ2v) is 22.8. The lowest BCUT2D eigenvalue weighted by Gasteiger charge is -2.30. The van der Waals surface area contributed by atoms with Crippen molar-refractivity contribution in [3.05, 3.63) is 95.8 Å². The van der Waals surface area contributed by atoms with Crippen LogP contribution in [0.5, 0.6) is 0 Å². The van der Waals surface area contributed by atoms with Crippen LogP contribution in [0.25, 0.3) is 0 Å². The predicted octanol–water partition coefficient (Wildman–Crippen LogP) is 6.03. The minimum absolute atomic E-state index is 0.0176. The molecule has 2 heterocycles. The third kappa shape index (κ3) is 16.1. The summed E-state index contributed by atoms with van der Waals surface area (Å²) in [6.07, 6.45) is 15.3. The van der Waals surface area contributed by atoms with Gasteiger partial charge in [-0.1, -0.05) is 30.4 Å². The summed E-state index contributed by atoms with van der Waals surface area (Å²) >= 11 is 0. The molecule has 4 rings (SSSR count). The Kier molecular flexibility index (Phi) is 20.0. The van der Waals surface area contributed by atoms with Crippen molar-refractivity contribution >= 4 is 63.3 Å². The van der Waals surface area contributed by atoms with Crippen molar-refractivity contribution in [2.24, 2.45) is 0 Å². The van der Waals surface area contributed by atoms with Crippen LogP contribution in [0, 0.1) is 0 Å². The number of ether oxygens (including phenoxy) is 3. The van der Waals surface area contributed by atoms with Crippen molar-refractivity contribution in [3.8, 4) is 0 Å². The summed E-state index contributed by atoms with van der Waals surface area (Å²) in [5.41, 5.74) is 1.73. The van der Waals surface area contributed by atoms with Gasteiger partial charge in [-0.05, 0) is 101 Å². The summed E-state index contributed by atoms with van der Waals surface area (Å²) < 4.78 is 154. The largest absolute Gasteiger partial charge is 0.382 e. The third-order valence-electron chi connectivity index (χ3n) is 11.8. The highest BCUT2D eigenvalue weighted by atomic mass is 32.2. The summed E-state index contributed by atoms with van der Waals surface area (Å²) in [5, 5.41) is 0. The number of anilines is 1. The van der Waals surface area contributed by atoms with E-state index in [1.165, 1.54) is 31.2 Å². The van der Waals surface area contributed by atoms with E-state index >= 15 is 0 Å². The Morgan fingerprint density at radius 3 is 1.82 bits per heavy atom. The quantitative estimate of drug-likeness (QED) is 0.0313. The van der Waals surface area contributed by atoms with E-state index in [0.717, 1.165) is 6.42 Å². The molecule has 2 aromatic rings. The van der Waals surface area contributed by atoms with Crippen molar-refractivity contribution in [1.82, 2.24) is 0 Å². The molecule has 0 amide bonds. The van der Waals surface area contributed by atoms with Gasteiger partial charge in [-0.3, -0.25) is 18.2 Å². The second kappa shape index (κ2) is 24.1. The molecule has 2 aliphatic rings. The van der Waals surface area contributed by atoms with Gasteiger partial charge >= 0.3 is 0 Å². The zero-order valence-corrected chi connectivity index (χ0v) is 41.5. The van der Waals surface area contributed by atoms with Gasteiger partial charge < -0.3 is 23.9 Å². The first-order chi connectivity index (χ1) is 31.3. The smallest absolute Gasteiger partial charge is 0.294 e. The summed E-state index contributed by atoms with van der Waals surface area (Å²) in [6, 6.07) is 8.48. The van der Waals surface area contributed by atoms with Crippen LogP contribution >= 0.6 is 0 Å². The number of ketones is 1. The minimum Gasteiger partial charge on any atom is -0.382 e. The number of rotatable bonds is 29. The highest BCUT2D eigenvalue weighted by Gasteiger charge is 2.48. The number of fused-ring (bicyclic) bond motifs is 2. The Morgan fingerprint density at radius 1 is 0.672 bits per heavy atom. The van der Waals surface area contributed by atoms with Crippen molar-refractivity contribution in [3.63, 3.8) is 0 Å². The molecule has 67 heavy (non-hydrogen) atoms. The molecule has 372 valence electrons. The molecule has 2 aliphatic heterocycles. The number of carbonyl (C=O) groups is 1. The first-order valence-electron chi connectivity index (χ1n) is 21.7. The number of Topliss-reactive ketones (excluding diaryl/α,β-unsaturated/α-hetero) is 1. The first kappa shape index (κ1) is 55.7. The number of unbranched alkanes of at least 4 members (excludes halogenated alkanes) is 2. The molecule has 0 aromatic heterocycles. The fraction of sp³-hybridized carbons (Fsp3) is 0.511. The van der Waals surface area contributed by atoms with E-state index in [-0.39, 0.29) is 54.5 Å². The van der Waals surface area contributed by atoms with E-state index in [1.807, 2.05) is 29.4 Å². The van der Waals surface area contributed by atoms with Crippen LogP contribution in [0.3, 0.4) is 0 Å². The highest BCUT2D eigenvalue weighted by molar-refractivity contribution is 7.86. The molecule has 4 N–H and O–H groups in total. The van der Waals surface area contributed by atoms with Gasteiger partial charge in [0.25, 0.3) is 40.5 Å². The zero-order valence-electron chi connectivity index (χ0n) is 38.2. The van der Waals surface area contributed by atoms with Crippen LogP contribution in [0.15, 0.2) is 94.4 Å². The summed E-state index contributed by atoms with van der Waals surface area (Å²) in [7, 11) is -16.3. The number of hydrogen-bond acceptors (Lipinski definition) is 13. The molecule has 2 unspecified atom stereocenters. The van der Waals surface area contributed by atoms with Gasteiger partial charge in [0, 0.05) is 61.0 Å². The molecule has 0 fully saturated rings. The zero-order chi connectivity index (χ0) is 49.7. The fourth-order valence-corrected chi connectivity index (χ4v) is 10.6. The van der Waals surface area contributed by atoms with Gasteiger partial charge in [-0.2, -0.15) is 38.2 Å². The molecule has 18 nitrogen and oxygen atoms in total. The Labute approximate surface area is 395 Å². The molecule has 0 saturated carbocycles. The average Bonchev–Trinajstić information content (AvgIpc) is 3.59. The van der Waals surface area contributed by atoms with Gasteiger partial charge in [0.1, 0.15) is 12.3 Å². The van der Waals surface area contributed by atoms with Gasteiger partial charge in [0.15, 0.2) is 5.71 Å². The van der Waals surface area contributed by atoms with Gasteiger partial charge in [0.05, 0.1) is 59.7 Å². The minimum atomic E-state index is -4.61. The summed E-state index contributed by atoms with van der Waals surface area (Å²) in [4.78, 5) is 12.8. The molecule has 0 aliphatic carbocycles. The molecular weight excluding hydrogens is 953 g/mol. The maximum atomic E-state index is 12.3. The normalized spacial score (nSPS) is 19.8. The topological polar surface area (TPSA) is 268 Å². The first-order valence-corrected chi connectivity index (χ1v) is 27.8. The molecule has 22 heteroatoms. The highest BCUT2D eigenvalue weighted by Crippen LogP contribution is 2.51. The van der Waals surface area contributed by atoms with E-state index in [0.29, 0.717) is 86.1 Å². The van der Waals surface area contributed by atoms with Gasteiger partial charge in [-0.15, -0.1) is 0 Å². The van der Waals surface area contributed by atoms with Crippen molar-refractivity contribution < 1.29 is 75.5 Å². The van der Waals surface area contributed by atoms with Crippen molar-refractivity contribution in [2.45, 2.75) is 92.8 Å². The van der Waals surface area contributed by atoms with Crippen LogP contribution in [0.4, 0.5) is 11.4 Å². The van der Waals surface area contributed by atoms with Crippen LogP contribution in [0.2, 0.25) is 0 Å². The number of nitrogens with zero attached hydrogens (tertiary/aromatic N) is 2. The molecule has 0 radical (unpaired) electrons. The Hall–Kier alpha value is -3.94. The Bertz CT molecular complexity index is 2690. The lowest BCUT2D eigenvalue weighted by Crippen LogP contribution is -2.32. The number of carbonyl (C=O) groups excluding carboxylic acids is 1. The maximum Gasteiger partial charge on any atom is 0.294 e. The molecule has 2 atom stereocenters. The van der Waals surface area contributed by atoms with Crippen LogP contribution in [0.1, 0.15) is 83.3 Å². The predicted molar refractivity (Wildman–Crippen MR) is 254 cm³/mol. The van der Waals surface area contributed by atoms with E-state index in [2.05, 4.69) is 0 Å². The molecule has 0 bridgehead atoms. The van der Waals surface area contributed by atoms with Crippen molar-refractivity contribution in [1.29, 1.82) is 0 Å². The summed E-state index contributed by atoms with van der Waals surface area (Å²) in [5.74, 6) is -0.990. The van der Waals surface area contributed by atoms with E-state index in [4.69, 9.17) is 14.2 Å². The second-order valence-electron chi connectivity index (χ2n) is 16.9. The van der Waals surface area contributed by atoms with Gasteiger partial charge in [0.2, 0.25) is 5.69 Å². The monoisotopic (exact) mass is 1020 g/mol. The standard InChI is InChI=1S/C45H62N2O16S4/c1-35(48)15-9-8-12-24-46-40-20-18-36(66(55,56)57)33-38(40)44(2,22-13-31-64(49,50)51)42(46)16-10-6-5-7-11-17-43-45(3,23-14-32-65(52,53)54)39-34-37(67(58,59)60)19-21-41(39)47(43)25-26-62-29-30-63-28-27-61-4/h5-7,10-11,16-21,33-34H,8-9,12-15,22-32H2,1-4H3,(H3-,49,50,51,52,53,54,55,56,57,58,59,60)/p+1. The molecule has 0 saturated heterocycles. The third-order valence-corrected chi connectivity index (χ3v) is 15.1. The van der Waals surface area contributed by atoms with Crippen LogP contribution < -0.4 is 4.90 Å². The van der Waals surface area contributed by atoms with E-state index in [9.17, 15) is 56.7 Å². The fourth-order valence-electron chi connectivity index (χ4n) is 8.53. The molecule has 2 aromatic carbocycles. The van der Waals surface area contributed by atoms with Crippen LogP contribution in [-0.2, 0) is 70.3 Å². The SMILES string of the molecule is COCCOCCOCCN1/C(=C/C=C/C=C/C=C/C2=[N+](CCCCCC(C)=O)c3ccc(S(=O)(=O)O)cc3C2(C)CCCS(=O)(=O)O)C(C)(CCCS(=O)(=O)O)c2cc(S(=O)(=O)O)ccc21. The number of methoxy groups -OCH3 is 1. The Balaban J connectivity index is 1.72. The lowest BCUT2D eigenvalue weighted by molar-refractivity contribution is -0.438. The number of allylic oxidation sites excluding steroid dienone is 8. The van der Waals surface area contributed by atoms with Crippen molar-refractivity contribution in [2.75, 3.05) is 69.6 Å². The summed E-state index contributed by atoms with van der Waals surface area (Å²) in [6.45, 7) is 7.63. The molecule has 0 spiro atoms. The van der Waals surface area contributed by atoms with Crippen LogP contribution in [-0.4, -0.2) is 133 Å². The van der Waals surface area contributed by atoms with Gasteiger partial charge in [-0.25, -0.2) is 0 Å². The maximum absolute atomic E-state index is 12.3. The average molecular weight is 1020 g/mol. The number of hydrogen-bond donors (Lipinski definition) is 4. The Morgan fingerprint density at radius 2 is 1.22 bits per heavy atom.